The second-order valence-electron chi connectivity index (χ2n) is 8.11. The van der Waals surface area contributed by atoms with Gasteiger partial charge in [0, 0.05) is 18.5 Å². The first kappa shape index (κ1) is 23.3. The monoisotopic (exact) mass is 484 g/mol. The smallest absolute Gasteiger partial charge is 0.322 e. The zero-order chi connectivity index (χ0) is 23.6. The number of likely N-dealkylation sites (N-methyl/N-ethyl adjacent to an activating group) is 1. The summed E-state index contributed by atoms with van der Waals surface area (Å²) in [4.78, 5) is 14.4. The summed E-state index contributed by atoms with van der Waals surface area (Å²) in [7, 11) is -2.16. The number of carboxylic acid groups (broad SMARTS) is 1. The Bertz CT molecular complexity index is 1250. The van der Waals surface area contributed by atoms with E-state index in [9.17, 15) is 23.4 Å². The molecule has 4 rings (SSSR count). The van der Waals surface area contributed by atoms with E-state index in [0.717, 1.165) is 22.5 Å². The lowest BCUT2D eigenvalue weighted by molar-refractivity contribution is -0.138. The fraction of sp³-hybridized carbons (Fsp3) is 0.292. The standard InChI is InChI=1S/C24H24N2O5S2/c1-26-15-17(20-14-18(27)8-11-22(20)26)13-21(24(28)29)25-33(30,31)23-12-10-19(32-23)9-7-16-5-3-2-4-6-16/h2-6,8,10-12,15,18,20-22,25,27H,13-14H2,1H3,(H,28,29)/t18?,20?,21-,22?/m0/s1. The zero-order valence-electron chi connectivity index (χ0n) is 17.9. The van der Waals surface area contributed by atoms with Crippen molar-refractivity contribution in [1.29, 1.82) is 0 Å². The van der Waals surface area contributed by atoms with Crippen LogP contribution >= 0.6 is 11.3 Å². The van der Waals surface area contributed by atoms with Crippen LogP contribution in [0.1, 0.15) is 23.3 Å². The van der Waals surface area contributed by atoms with Gasteiger partial charge in [-0.1, -0.05) is 42.2 Å². The maximum atomic E-state index is 12.9. The van der Waals surface area contributed by atoms with E-state index in [0.29, 0.717) is 11.3 Å². The summed E-state index contributed by atoms with van der Waals surface area (Å²) in [6, 6.07) is 11.1. The molecule has 33 heavy (non-hydrogen) atoms. The van der Waals surface area contributed by atoms with Gasteiger partial charge < -0.3 is 15.1 Å². The zero-order valence-corrected chi connectivity index (χ0v) is 19.5. The number of hydrogen-bond donors (Lipinski definition) is 3. The van der Waals surface area contributed by atoms with Gasteiger partial charge in [-0.05, 0) is 48.9 Å². The van der Waals surface area contributed by atoms with Crippen molar-refractivity contribution in [2.24, 2.45) is 5.92 Å². The van der Waals surface area contributed by atoms with Crippen LogP contribution in [0.2, 0.25) is 0 Å². The first-order valence-corrected chi connectivity index (χ1v) is 12.7. The van der Waals surface area contributed by atoms with Crippen molar-refractivity contribution in [3.8, 4) is 11.8 Å². The molecule has 4 atom stereocenters. The van der Waals surface area contributed by atoms with E-state index in [1.807, 2.05) is 54.6 Å². The van der Waals surface area contributed by atoms with E-state index in [1.165, 1.54) is 6.07 Å². The van der Waals surface area contributed by atoms with E-state index >= 15 is 0 Å². The Hall–Kier alpha value is -2.90. The molecule has 172 valence electrons. The number of aliphatic hydroxyl groups is 1. The highest BCUT2D eigenvalue weighted by Gasteiger charge is 2.38. The number of rotatable bonds is 6. The van der Waals surface area contributed by atoms with Crippen LogP contribution in [-0.2, 0) is 14.8 Å². The summed E-state index contributed by atoms with van der Waals surface area (Å²) in [6.45, 7) is 0. The van der Waals surface area contributed by atoms with Gasteiger partial charge in [0.15, 0.2) is 0 Å². The van der Waals surface area contributed by atoms with Crippen LogP contribution in [-0.4, -0.2) is 54.7 Å². The Morgan fingerprint density at radius 1 is 1.21 bits per heavy atom. The normalized spacial score (nSPS) is 22.8. The van der Waals surface area contributed by atoms with E-state index in [1.54, 1.807) is 12.1 Å². The lowest BCUT2D eigenvalue weighted by atomic mass is 9.82. The first-order chi connectivity index (χ1) is 15.7. The number of sulfonamides is 1. The third kappa shape index (κ3) is 5.37. The van der Waals surface area contributed by atoms with E-state index < -0.39 is 28.1 Å². The molecule has 0 saturated carbocycles. The summed E-state index contributed by atoms with van der Waals surface area (Å²) >= 11 is 0.992. The van der Waals surface area contributed by atoms with Crippen LogP contribution in [0.25, 0.3) is 0 Å². The third-order valence-corrected chi connectivity index (χ3v) is 8.70. The number of carbonyl (C=O) groups is 1. The lowest BCUT2D eigenvalue weighted by Gasteiger charge is -2.30. The van der Waals surface area contributed by atoms with Gasteiger partial charge in [-0.15, -0.1) is 11.3 Å². The molecule has 0 spiro atoms. The predicted octanol–water partition coefficient (Wildman–Crippen LogP) is 2.40. The SMILES string of the molecule is CN1C=C(C[C@H](NS(=O)(=O)c2ccc(C#Cc3ccccc3)s2)C(=O)O)C2CC(O)C=CC21. The molecule has 7 nitrogen and oxygen atoms in total. The van der Waals surface area contributed by atoms with E-state index in [4.69, 9.17) is 0 Å². The number of carboxylic acids is 1. The van der Waals surface area contributed by atoms with Crippen molar-refractivity contribution < 1.29 is 23.4 Å². The molecule has 1 aliphatic heterocycles. The summed E-state index contributed by atoms with van der Waals surface area (Å²) in [5.74, 6) is 4.62. The van der Waals surface area contributed by atoms with Gasteiger partial charge >= 0.3 is 5.97 Å². The second-order valence-corrected chi connectivity index (χ2v) is 11.1. The van der Waals surface area contributed by atoms with Crippen molar-refractivity contribution in [3.63, 3.8) is 0 Å². The molecule has 1 aliphatic carbocycles. The molecule has 0 saturated heterocycles. The molecule has 2 heterocycles. The van der Waals surface area contributed by atoms with Crippen molar-refractivity contribution in [2.75, 3.05) is 7.05 Å². The fourth-order valence-corrected chi connectivity index (χ4v) is 6.51. The summed E-state index contributed by atoms with van der Waals surface area (Å²) in [5.41, 5.74) is 1.62. The molecular formula is C24H24N2O5S2. The molecular weight excluding hydrogens is 460 g/mol. The van der Waals surface area contributed by atoms with E-state index in [2.05, 4.69) is 16.6 Å². The first-order valence-electron chi connectivity index (χ1n) is 10.4. The van der Waals surface area contributed by atoms with Crippen LogP contribution in [0.5, 0.6) is 0 Å². The average Bonchev–Trinajstić information content (AvgIpc) is 3.38. The fourth-order valence-electron chi connectivity index (χ4n) is 4.14. The van der Waals surface area contributed by atoms with Crippen LogP contribution < -0.4 is 4.72 Å². The summed E-state index contributed by atoms with van der Waals surface area (Å²) in [5, 5.41) is 19.7. The second kappa shape index (κ2) is 9.53. The molecule has 9 heteroatoms. The molecule has 2 aromatic rings. The number of aliphatic carboxylic acids is 1. The van der Waals surface area contributed by atoms with Gasteiger partial charge in [-0.3, -0.25) is 4.79 Å². The number of fused-ring (bicyclic) bond motifs is 1. The van der Waals surface area contributed by atoms with Crippen molar-refractivity contribution in [2.45, 2.75) is 35.2 Å². The molecule has 0 amide bonds. The highest BCUT2D eigenvalue weighted by atomic mass is 32.2. The molecule has 1 aromatic carbocycles. The Kier molecular flexibility index (Phi) is 6.72. The minimum Gasteiger partial charge on any atom is -0.480 e. The lowest BCUT2D eigenvalue weighted by Crippen LogP contribution is -2.41. The topological polar surface area (TPSA) is 107 Å². The number of thiophene rings is 1. The van der Waals surface area contributed by atoms with Gasteiger partial charge in [0.05, 0.1) is 17.0 Å². The van der Waals surface area contributed by atoms with Gasteiger partial charge in [0.2, 0.25) is 0 Å². The van der Waals surface area contributed by atoms with E-state index in [-0.39, 0.29) is 22.6 Å². The maximum absolute atomic E-state index is 12.9. The van der Waals surface area contributed by atoms with Crippen LogP contribution in [0.4, 0.5) is 0 Å². The van der Waals surface area contributed by atoms with Crippen LogP contribution in [0.15, 0.2) is 70.6 Å². The van der Waals surface area contributed by atoms with Gasteiger partial charge in [0.1, 0.15) is 10.3 Å². The quantitative estimate of drug-likeness (QED) is 0.429. The minimum absolute atomic E-state index is 0.0116. The molecule has 1 aromatic heterocycles. The molecule has 3 unspecified atom stereocenters. The number of aliphatic hydroxyl groups excluding tert-OH is 1. The molecule has 2 aliphatic rings. The van der Waals surface area contributed by atoms with Crippen molar-refractivity contribution in [3.05, 3.63) is 76.8 Å². The van der Waals surface area contributed by atoms with Crippen molar-refractivity contribution in [1.82, 2.24) is 9.62 Å². The number of nitrogens with one attached hydrogen (secondary N) is 1. The molecule has 0 fully saturated rings. The summed E-state index contributed by atoms with van der Waals surface area (Å²) in [6.07, 6.45) is 5.40. The Balaban J connectivity index is 1.49. The Morgan fingerprint density at radius 3 is 2.70 bits per heavy atom. The number of hydrogen-bond acceptors (Lipinski definition) is 6. The minimum atomic E-state index is -4.05. The van der Waals surface area contributed by atoms with Gasteiger partial charge in [-0.25, -0.2) is 8.42 Å². The third-order valence-electron chi connectivity index (χ3n) is 5.74. The molecule has 0 bridgehead atoms. The maximum Gasteiger partial charge on any atom is 0.322 e. The largest absolute Gasteiger partial charge is 0.480 e. The number of benzene rings is 1. The Labute approximate surface area is 197 Å². The van der Waals surface area contributed by atoms with Gasteiger partial charge in [0.25, 0.3) is 10.0 Å². The van der Waals surface area contributed by atoms with Crippen LogP contribution in [0.3, 0.4) is 0 Å². The highest BCUT2D eigenvalue weighted by Crippen LogP contribution is 2.37. The van der Waals surface area contributed by atoms with Crippen LogP contribution in [0, 0.1) is 17.8 Å². The average molecular weight is 485 g/mol. The molecule has 3 N–H and O–H groups in total. The molecule has 0 radical (unpaired) electrons. The summed E-state index contributed by atoms with van der Waals surface area (Å²) < 4.78 is 28.2. The predicted molar refractivity (Wildman–Crippen MR) is 126 cm³/mol. The highest BCUT2D eigenvalue weighted by molar-refractivity contribution is 7.91. The Morgan fingerprint density at radius 2 is 1.97 bits per heavy atom. The number of nitrogens with zero attached hydrogens (tertiary/aromatic N) is 1. The van der Waals surface area contributed by atoms with Crippen molar-refractivity contribution >= 4 is 27.3 Å². The van der Waals surface area contributed by atoms with Gasteiger partial charge in [-0.2, -0.15) is 4.72 Å².